The first-order valence-corrected chi connectivity index (χ1v) is 16.9. The van der Waals surface area contributed by atoms with Crippen LogP contribution >= 0.6 is 55.0 Å². The van der Waals surface area contributed by atoms with Crippen LogP contribution in [0.15, 0.2) is 85.5 Å². The fourth-order valence-electron chi connectivity index (χ4n) is 5.34. The molecule has 2 N–H and O–H groups in total. The Kier molecular flexibility index (Phi) is 9.00. The SMILES string of the molecule is CCOC(=O)c1ccc(NC(=O)COc2ccc(Br)cc2[C@@H]2c3sc(=O)[nH]c3S[C@H]3C(=O)N(c4ccc(Br)cc4)C(=O)[C@@H]23)cc1. The van der Waals surface area contributed by atoms with E-state index in [2.05, 4.69) is 42.2 Å². The van der Waals surface area contributed by atoms with E-state index in [0.29, 0.717) is 42.6 Å². The molecule has 2 aliphatic heterocycles. The Bertz CT molecular complexity index is 1880. The number of nitrogens with one attached hydrogen (secondary N) is 2. The quantitative estimate of drug-likeness (QED) is 0.166. The minimum atomic E-state index is -0.825. The molecule has 0 unspecified atom stereocenters. The lowest BCUT2D eigenvalue weighted by Crippen LogP contribution is -2.32. The number of imide groups is 1. The van der Waals surface area contributed by atoms with Crippen LogP contribution in [0.1, 0.15) is 33.6 Å². The molecule has 4 aromatic rings. The molecule has 45 heavy (non-hydrogen) atoms. The molecule has 6 rings (SSSR count). The summed E-state index contributed by atoms with van der Waals surface area (Å²) in [5, 5.41) is 2.49. The predicted molar refractivity (Wildman–Crippen MR) is 177 cm³/mol. The first-order chi connectivity index (χ1) is 21.6. The smallest absolute Gasteiger partial charge is 0.338 e. The molecule has 3 amide bonds. The number of thiazole rings is 1. The van der Waals surface area contributed by atoms with Gasteiger partial charge in [-0.3, -0.25) is 19.2 Å². The average Bonchev–Trinajstić information content (AvgIpc) is 3.51. The van der Waals surface area contributed by atoms with Gasteiger partial charge in [0, 0.05) is 31.0 Å². The number of hydrogen-bond donors (Lipinski definition) is 2. The van der Waals surface area contributed by atoms with Crippen LogP contribution in [0.3, 0.4) is 0 Å². The zero-order valence-electron chi connectivity index (χ0n) is 23.4. The summed E-state index contributed by atoms with van der Waals surface area (Å²) in [7, 11) is 0. The predicted octanol–water partition coefficient (Wildman–Crippen LogP) is 5.95. The van der Waals surface area contributed by atoms with Gasteiger partial charge in [0.2, 0.25) is 11.8 Å². The summed E-state index contributed by atoms with van der Waals surface area (Å²) in [4.78, 5) is 69.4. The van der Waals surface area contributed by atoms with Crippen LogP contribution in [0.25, 0.3) is 0 Å². The summed E-state index contributed by atoms with van der Waals surface area (Å²) in [5.74, 6) is -2.85. The van der Waals surface area contributed by atoms with Crippen molar-refractivity contribution in [2.45, 2.75) is 23.1 Å². The number of carbonyl (C=O) groups is 4. The second-order valence-corrected chi connectivity index (χ2v) is 14.1. The molecule has 0 saturated carbocycles. The number of amides is 3. The van der Waals surface area contributed by atoms with Crippen LogP contribution in [0.4, 0.5) is 11.4 Å². The van der Waals surface area contributed by atoms with E-state index in [1.165, 1.54) is 16.7 Å². The summed E-state index contributed by atoms with van der Waals surface area (Å²) in [6.07, 6.45) is 0. The number of carbonyl (C=O) groups excluding carboxylic acids is 4. The van der Waals surface area contributed by atoms with Gasteiger partial charge in [-0.15, -0.1) is 0 Å². The number of benzene rings is 3. The lowest BCUT2D eigenvalue weighted by Gasteiger charge is -2.31. The molecule has 0 aliphatic carbocycles. The molecule has 1 fully saturated rings. The Morgan fingerprint density at radius 3 is 2.38 bits per heavy atom. The van der Waals surface area contributed by atoms with E-state index >= 15 is 0 Å². The zero-order chi connectivity index (χ0) is 31.8. The first kappa shape index (κ1) is 31.3. The molecule has 1 saturated heterocycles. The molecule has 3 aromatic carbocycles. The molecule has 0 bridgehead atoms. The number of halogens is 2. The van der Waals surface area contributed by atoms with Crippen molar-refractivity contribution >= 4 is 90.0 Å². The second-order valence-electron chi connectivity index (χ2n) is 10.1. The standard InChI is InChI=1S/C31H23Br2N3O7S2/c1-2-42-30(40)15-3-8-18(9-4-15)34-22(37)14-43-21-12-7-17(33)13-20(21)23-24-26(44-27-25(23)45-31(41)35-27)29(39)36(28(24)38)19-10-5-16(32)6-11-19/h3-13,23-24,26H,2,14H2,1H3,(H,34,37)(H,35,41)/t23-,24-,26+/m0/s1. The lowest BCUT2D eigenvalue weighted by molar-refractivity contribution is -0.122. The van der Waals surface area contributed by atoms with E-state index in [4.69, 9.17) is 9.47 Å². The molecule has 14 heteroatoms. The summed E-state index contributed by atoms with van der Waals surface area (Å²) in [6.45, 7) is 1.61. The number of thioether (sulfide) groups is 1. The van der Waals surface area contributed by atoms with Crippen LogP contribution < -0.4 is 19.8 Å². The number of aromatic amines is 1. The van der Waals surface area contributed by atoms with Crippen molar-refractivity contribution in [1.82, 2.24) is 4.98 Å². The maximum absolute atomic E-state index is 14.1. The van der Waals surface area contributed by atoms with E-state index in [1.807, 2.05) is 0 Å². The number of rotatable bonds is 8. The Labute approximate surface area is 281 Å². The Balaban J connectivity index is 1.28. The Morgan fingerprint density at radius 1 is 0.956 bits per heavy atom. The Hall–Kier alpha value is -3.72. The molecule has 3 heterocycles. The van der Waals surface area contributed by atoms with Crippen LogP contribution in [-0.2, 0) is 19.1 Å². The van der Waals surface area contributed by atoms with E-state index < -0.39 is 29.0 Å². The highest BCUT2D eigenvalue weighted by molar-refractivity contribution is 9.10. The largest absolute Gasteiger partial charge is 0.483 e. The second kappa shape index (κ2) is 12.9. The minimum absolute atomic E-state index is 0.256. The van der Waals surface area contributed by atoms with Crippen molar-refractivity contribution in [3.05, 3.63) is 101 Å². The normalized spacial score (nSPS) is 18.7. The molecule has 10 nitrogen and oxygen atoms in total. The lowest BCUT2D eigenvalue weighted by atomic mass is 9.82. The highest BCUT2D eigenvalue weighted by atomic mass is 79.9. The molecule has 3 atom stereocenters. The van der Waals surface area contributed by atoms with E-state index in [9.17, 15) is 24.0 Å². The average molecular weight is 773 g/mol. The number of fused-ring (bicyclic) bond motifs is 2. The van der Waals surface area contributed by atoms with Gasteiger partial charge in [-0.2, -0.15) is 0 Å². The topological polar surface area (TPSA) is 135 Å². The summed E-state index contributed by atoms with van der Waals surface area (Å²) >= 11 is 9.07. The van der Waals surface area contributed by atoms with Gasteiger partial charge in [-0.05, 0) is 73.7 Å². The third kappa shape index (κ3) is 6.24. The summed E-state index contributed by atoms with van der Waals surface area (Å²) in [5.41, 5.74) is 1.84. The molecular weight excluding hydrogens is 750 g/mol. The zero-order valence-corrected chi connectivity index (χ0v) is 28.2. The minimum Gasteiger partial charge on any atom is -0.483 e. The van der Waals surface area contributed by atoms with Crippen LogP contribution in [0.2, 0.25) is 0 Å². The van der Waals surface area contributed by atoms with Gasteiger partial charge in [0.05, 0.1) is 28.8 Å². The fraction of sp³-hybridized carbons (Fsp3) is 0.194. The molecule has 0 spiro atoms. The van der Waals surface area contributed by atoms with Crippen molar-refractivity contribution in [1.29, 1.82) is 0 Å². The number of hydrogen-bond acceptors (Lipinski definition) is 9. The number of esters is 1. The van der Waals surface area contributed by atoms with Gasteiger partial charge >= 0.3 is 10.8 Å². The fourth-order valence-corrected chi connectivity index (χ4v) is 8.48. The molecule has 0 radical (unpaired) electrons. The van der Waals surface area contributed by atoms with Crippen molar-refractivity contribution < 1.29 is 28.7 Å². The summed E-state index contributed by atoms with van der Waals surface area (Å²) < 4.78 is 12.5. The van der Waals surface area contributed by atoms with Crippen molar-refractivity contribution in [3.63, 3.8) is 0 Å². The number of H-pyrrole nitrogens is 1. The van der Waals surface area contributed by atoms with Crippen molar-refractivity contribution in [3.8, 4) is 5.75 Å². The van der Waals surface area contributed by atoms with Gasteiger partial charge in [-0.1, -0.05) is 55.0 Å². The first-order valence-electron chi connectivity index (χ1n) is 13.7. The maximum Gasteiger partial charge on any atom is 0.338 e. The molecule has 1 aromatic heterocycles. The van der Waals surface area contributed by atoms with Crippen LogP contribution in [0, 0.1) is 5.92 Å². The molecular formula is C31H23Br2N3O7S2. The summed E-state index contributed by atoms with van der Waals surface area (Å²) in [6, 6.07) is 18.4. The third-order valence-electron chi connectivity index (χ3n) is 7.25. The highest BCUT2D eigenvalue weighted by Crippen LogP contribution is 2.54. The van der Waals surface area contributed by atoms with E-state index in [-0.39, 0.29) is 29.9 Å². The van der Waals surface area contributed by atoms with E-state index in [0.717, 1.165) is 15.8 Å². The number of nitrogens with zero attached hydrogens (tertiary/aromatic N) is 1. The van der Waals surface area contributed by atoms with Crippen molar-refractivity contribution in [2.75, 3.05) is 23.4 Å². The van der Waals surface area contributed by atoms with Crippen LogP contribution in [0.5, 0.6) is 5.75 Å². The van der Waals surface area contributed by atoms with Gasteiger partial charge in [0.15, 0.2) is 6.61 Å². The van der Waals surface area contributed by atoms with Crippen LogP contribution in [-0.4, -0.2) is 47.1 Å². The Morgan fingerprint density at radius 2 is 1.67 bits per heavy atom. The number of anilines is 2. The van der Waals surface area contributed by atoms with Gasteiger partial charge in [0.25, 0.3) is 5.91 Å². The van der Waals surface area contributed by atoms with Gasteiger partial charge in [0.1, 0.15) is 11.0 Å². The molecule has 230 valence electrons. The van der Waals surface area contributed by atoms with Crippen molar-refractivity contribution in [2.24, 2.45) is 5.92 Å². The third-order valence-corrected chi connectivity index (χ3v) is 10.7. The number of aromatic nitrogens is 1. The van der Waals surface area contributed by atoms with Gasteiger partial charge in [-0.25, -0.2) is 9.69 Å². The molecule has 2 aliphatic rings. The highest BCUT2D eigenvalue weighted by Gasteiger charge is 2.56. The monoisotopic (exact) mass is 771 g/mol. The van der Waals surface area contributed by atoms with E-state index in [1.54, 1.807) is 73.7 Å². The van der Waals surface area contributed by atoms with Gasteiger partial charge < -0.3 is 19.8 Å². The maximum atomic E-state index is 14.1. The number of ether oxygens (including phenoxy) is 2.